The predicted octanol–water partition coefficient (Wildman–Crippen LogP) is 2.49. The second-order valence-corrected chi connectivity index (χ2v) is 8.51. The molecule has 0 bridgehead atoms. The minimum absolute atomic E-state index is 0.155. The third kappa shape index (κ3) is 4.31. The van der Waals surface area contributed by atoms with Crippen LogP contribution in [0.3, 0.4) is 0 Å². The monoisotopic (exact) mass is 305 g/mol. The molecule has 1 heterocycles. The van der Waals surface area contributed by atoms with Gasteiger partial charge in [0.05, 0.1) is 4.75 Å². The molecule has 0 aliphatic carbocycles. The Balaban J connectivity index is 2.90. The number of rotatable bonds is 5. The molecule has 0 aromatic carbocycles. The van der Waals surface area contributed by atoms with E-state index in [2.05, 4.69) is 15.3 Å². The van der Waals surface area contributed by atoms with E-state index in [0.717, 1.165) is 0 Å². The van der Waals surface area contributed by atoms with Crippen molar-refractivity contribution in [1.29, 1.82) is 0 Å². The van der Waals surface area contributed by atoms with E-state index in [4.69, 9.17) is 11.6 Å². The number of hydrogen-bond donors (Lipinski definition) is 1. The quantitative estimate of drug-likeness (QED) is 0.846. The van der Waals surface area contributed by atoms with Crippen molar-refractivity contribution in [3.8, 4) is 0 Å². The molecule has 0 atom stereocenters. The van der Waals surface area contributed by atoms with Crippen molar-refractivity contribution in [2.75, 3.05) is 18.1 Å². The maximum absolute atomic E-state index is 11.6. The predicted molar refractivity (Wildman–Crippen MR) is 78.5 cm³/mol. The molecule has 108 valence electrons. The fourth-order valence-electron chi connectivity index (χ4n) is 1.22. The summed E-state index contributed by atoms with van der Waals surface area (Å²) in [6.07, 6.45) is 1.22. The highest BCUT2D eigenvalue weighted by Crippen LogP contribution is 2.19. The van der Waals surface area contributed by atoms with Gasteiger partial charge in [-0.05, 0) is 13.8 Å². The van der Waals surface area contributed by atoms with Crippen LogP contribution in [0, 0.1) is 0 Å². The van der Waals surface area contributed by atoms with Gasteiger partial charge in [-0.25, -0.2) is 18.4 Å². The standard InChI is InChI=1S/C12H20ClN3O2S/c1-8(2)11-15-9(13)6-10(16-11)14-7-12(3,4)19(5,17)18/h6,8H,7H2,1-5H3,(H,14,15,16). The summed E-state index contributed by atoms with van der Waals surface area (Å²) in [7, 11) is -3.15. The average Bonchev–Trinajstić information content (AvgIpc) is 2.24. The van der Waals surface area contributed by atoms with Crippen LogP contribution in [0.4, 0.5) is 5.82 Å². The molecule has 19 heavy (non-hydrogen) atoms. The number of halogens is 1. The average molecular weight is 306 g/mol. The van der Waals surface area contributed by atoms with Crippen molar-refractivity contribution in [2.45, 2.75) is 38.4 Å². The van der Waals surface area contributed by atoms with Crippen molar-refractivity contribution < 1.29 is 8.42 Å². The minimum atomic E-state index is -3.15. The van der Waals surface area contributed by atoms with Gasteiger partial charge in [0.2, 0.25) is 0 Å². The fourth-order valence-corrected chi connectivity index (χ4v) is 1.74. The lowest BCUT2D eigenvalue weighted by molar-refractivity contribution is 0.559. The first kappa shape index (κ1) is 16.2. The molecule has 1 N–H and O–H groups in total. The highest BCUT2D eigenvalue weighted by atomic mass is 35.5. The highest BCUT2D eigenvalue weighted by molar-refractivity contribution is 7.92. The van der Waals surface area contributed by atoms with Gasteiger partial charge in [0.1, 0.15) is 16.8 Å². The molecule has 0 aliphatic heterocycles. The molecule has 0 aliphatic rings. The van der Waals surface area contributed by atoms with Crippen LogP contribution in [-0.4, -0.2) is 35.9 Å². The third-order valence-corrected chi connectivity index (χ3v) is 5.27. The topological polar surface area (TPSA) is 72.0 Å². The fraction of sp³-hybridized carbons (Fsp3) is 0.667. The Morgan fingerprint density at radius 2 is 1.95 bits per heavy atom. The van der Waals surface area contributed by atoms with E-state index < -0.39 is 14.6 Å². The molecular formula is C12H20ClN3O2S. The number of sulfone groups is 1. The minimum Gasteiger partial charge on any atom is -0.368 e. The zero-order valence-electron chi connectivity index (χ0n) is 11.9. The smallest absolute Gasteiger partial charge is 0.154 e. The molecule has 5 nitrogen and oxygen atoms in total. The van der Waals surface area contributed by atoms with E-state index in [9.17, 15) is 8.42 Å². The Kier molecular flexibility index (Phi) is 4.79. The summed E-state index contributed by atoms with van der Waals surface area (Å²) in [5, 5.41) is 3.36. The maximum atomic E-state index is 11.6. The van der Waals surface area contributed by atoms with Crippen LogP contribution >= 0.6 is 11.6 Å². The molecule has 0 saturated carbocycles. The first-order valence-electron chi connectivity index (χ1n) is 6.01. The molecule has 1 rings (SSSR count). The third-order valence-electron chi connectivity index (χ3n) is 2.93. The van der Waals surface area contributed by atoms with Crippen LogP contribution in [0.15, 0.2) is 6.07 Å². The number of nitrogens with zero attached hydrogens (tertiary/aromatic N) is 2. The Hall–Kier alpha value is -0.880. The summed E-state index contributed by atoms with van der Waals surface area (Å²) >= 11 is 5.92. The molecule has 0 saturated heterocycles. The van der Waals surface area contributed by atoms with Crippen LogP contribution in [0.5, 0.6) is 0 Å². The first-order valence-corrected chi connectivity index (χ1v) is 8.28. The molecule has 0 amide bonds. The number of hydrogen-bond acceptors (Lipinski definition) is 5. The van der Waals surface area contributed by atoms with E-state index in [-0.39, 0.29) is 12.5 Å². The van der Waals surface area contributed by atoms with Crippen molar-refractivity contribution in [3.63, 3.8) is 0 Å². The summed E-state index contributed by atoms with van der Waals surface area (Å²) in [6, 6.07) is 1.59. The van der Waals surface area contributed by atoms with Crippen LogP contribution in [-0.2, 0) is 9.84 Å². The molecule has 0 unspecified atom stereocenters. The lowest BCUT2D eigenvalue weighted by atomic mass is 10.2. The van der Waals surface area contributed by atoms with Crippen LogP contribution < -0.4 is 5.32 Å². The van der Waals surface area contributed by atoms with Gasteiger partial charge in [-0.1, -0.05) is 25.4 Å². The van der Waals surface area contributed by atoms with Crippen molar-refractivity contribution in [1.82, 2.24) is 9.97 Å². The van der Waals surface area contributed by atoms with Gasteiger partial charge in [0.15, 0.2) is 9.84 Å². The summed E-state index contributed by atoms with van der Waals surface area (Å²) < 4.78 is 22.4. The van der Waals surface area contributed by atoms with Gasteiger partial charge in [-0.15, -0.1) is 0 Å². The maximum Gasteiger partial charge on any atom is 0.154 e. The lowest BCUT2D eigenvalue weighted by Gasteiger charge is -2.23. The second kappa shape index (κ2) is 5.63. The molecule has 1 aromatic heterocycles. The van der Waals surface area contributed by atoms with Crippen molar-refractivity contribution in [3.05, 3.63) is 17.0 Å². The van der Waals surface area contributed by atoms with Gasteiger partial charge >= 0.3 is 0 Å². The van der Waals surface area contributed by atoms with E-state index >= 15 is 0 Å². The van der Waals surface area contributed by atoms with Gasteiger partial charge in [-0.3, -0.25) is 0 Å². The zero-order valence-corrected chi connectivity index (χ0v) is 13.4. The van der Waals surface area contributed by atoms with Gasteiger partial charge in [0.25, 0.3) is 0 Å². The molecule has 0 fully saturated rings. The van der Waals surface area contributed by atoms with Crippen LogP contribution in [0.2, 0.25) is 5.15 Å². The van der Waals surface area contributed by atoms with Crippen LogP contribution in [0.25, 0.3) is 0 Å². The highest BCUT2D eigenvalue weighted by Gasteiger charge is 2.30. The Morgan fingerprint density at radius 1 is 1.37 bits per heavy atom. The summed E-state index contributed by atoms with van der Waals surface area (Å²) in [5.41, 5.74) is 0. The molecule has 0 radical (unpaired) electrons. The SMILES string of the molecule is CC(C)c1nc(Cl)cc(NCC(C)(C)S(C)(=O)=O)n1. The number of aromatic nitrogens is 2. The van der Waals surface area contributed by atoms with Gasteiger partial charge in [0, 0.05) is 24.8 Å². The molecule has 0 spiro atoms. The summed E-state index contributed by atoms with van der Waals surface area (Å²) in [6.45, 7) is 7.53. The molecule has 7 heteroatoms. The zero-order chi connectivity index (χ0) is 14.8. The van der Waals surface area contributed by atoms with E-state index in [1.165, 1.54) is 6.26 Å². The molecular weight excluding hydrogens is 286 g/mol. The molecule has 1 aromatic rings. The lowest BCUT2D eigenvalue weighted by Crippen LogP contribution is -2.38. The second-order valence-electron chi connectivity index (χ2n) is 5.47. The number of anilines is 1. The van der Waals surface area contributed by atoms with E-state index in [1.807, 2.05) is 13.8 Å². The van der Waals surface area contributed by atoms with Crippen LogP contribution in [0.1, 0.15) is 39.4 Å². The normalized spacial score (nSPS) is 12.8. The summed E-state index contributed by atoms with van der Waals surface area (Å²) in [5.74, 6) is 1.33. The Bertz CT molecular complexity index is 556. The largest absolute Gasteiger partial charge is 0.368 e. The van der Waals surface area contributed by atoms with Gasteiger partial charge in [-0.2, -0.15) is 0 Å². The van der Waals surface area contributed by atoms with E-state index in [0.29, 0.717) is 16.8 Å². The van der Waals surface area contributed by atoms with Gasteiger partial charge < -0.3 is 5.32 Å². The van der Waals surface area contributed by atoms with Crippen molar-refractivity contribution >= 4 is 27.3 Å². The number of nitrogens with one attached hydrogen (secondary N) is 1. The first-order chi connectivity index (χ1) is 8.53. The van der Waals surface area contributed by atoms with E-state index in [1.54, 1.807) is 19.9 Å². The Labute approximate surface area is 119 Å². The van der Waals surface area contributed by atoms with Crippen molar-refractivity contribution in [2.24, 2.45) is 0 Å². The summed E-state index contributed by atoms with van der Waals surface area (Å²) in [4.78, 5) is 8.44. The Morgan fingerprint density at radius 3 is 2.42 bits per heavy atom.